The van der Waals surface area contributed by atoms with Gasteiger partial charge in [-0.05, 0) is 12.1 Å². The van der Waals surface area contributed by atoms with Crippen molar-refractivity contribution in [1.82, 2.24) is 0 Å². The molecule has 0 fully saturated rings. The van der Waals surface area contributed by atoms with E-state index < -0.39 is 10.7 Å². The van der Waals surface area contributed by atoms with Crippen LogP contribution in [-0.2, 0) is 32.7 Å². The molecule has 0 heterocycles. The Kier molecular flexibility index (Phi) is 4.35. The molecular formula is C7H5FNO2Y-. The van der Waals surface area contributed by atoms with Gasteiger partial charge in [-0.15, -0.1) is 0 Å². The zero-order valence-corrected chi connectivity index (χ0v) is 9.00. The number of halogens is 1. The van der Waals surface area contributed by atoms with Crippen molar-refractivity contribution in [3.05, 3.63) is 46.6 Å². The molecule has 0 N–H and O–H groups in total. The van der Waals surface area contributed by atoms with Gasteiger partial charge in [0.2, 0.25) is 5.69 Å². The standard InChI is InChI=1S/C7H5FNO2.Y/c1-5-2-3-6(9(10)11)4-7(5)8;/h2-4H,1H2;/q-1;. The van der Waals surface area contributed by atoms with Crippen molar-refractivity contribution < 1.29 is 42.0 Å². The molecule has 0 saturated heterocycles. The Morgan fingerprint density at radius 1 is 1.50 bits per heavy atom. The van der Waals surface area contributed by atoms with Crippen LogP contribution in [0.15, 0.2) is 18.2 Å². The summed E-state index contributed by atoms with van der Waals surface area (Å²) in [5.74, 6) is -0.654. The van der Waals surface area contributed by atoms with E-state index in [1.54, 1.807) is 0 Å². The molecule has 0 aliphatic rings. The molecule has 0 aromatic heterocycles. The first-order chi connectivity index (χ1) is 5.11. The molecule has 0 saturated carbocycles. The van der Waals surface area contributed by atoms with Crippen LogP contribution in [0.1, 0.15) is 5.56 Å². The number of nitro groups is 1. The molecule has 0 aliphatic heterocycles. The minimum absolute atomic E-state index is 0. The Hall–Kier alpha value is -0.476. The Morgan fingerprint density at radius 2 is 2.08 bits per heavy atom. The van der Waals surface area contributed by atoms with Gasteiger partial charge in [-0.3, -0.25) is 14.5 Å². The summed E-state index contributed by atoms with van der Waals surface area (Å²) in [6.07, 6.45) is 0. The number of benzene rings is 1. The molecule has 1 rings (SSSR count). The van der Waals surface area contributed by atoms with Gasteiger partial charge in [-0.1, -0.05) is 0 Å². The second-order valence-electron chi connectivity index (χ2n) is 2.03. The van der Waals surface area contributed by atoms with E-state index in [2.05, 4.69) is 6.92 Å². The number of nitro benzene ring substituents is 1. The van der Waals surface area contributed by atoms with Crippen LogP contribution in [0.25, 0.3) is 0 Å². The maximum absolute atomic E-state index is 12.6. The monoisotopic (exact) mass is 243 g/mol. The van der Waals surface area contributed by atoms with E-state index in [0.717, 1.165) is 6.07 Å². The minimum Gasteiger partial charge on any atom is -0.283 e. The first kappa shape index (κ1) is 11.5. The van der Waals surface area contributed by atoms with Crippen LogP contribution in [0.4, 0.5) is 10.1 Å². The first-order valence-electron chi connectivity index (χ1n) is 2.87. The summed E-state index contributed by atoms with van der Waals surface area (Å²) in [5.41, 5.74) is -0.0921. The SMILES string of the molecule is [CH2-]c1ccc([N+](=O)[O-])cc1F.[Y]. The molecule has 0 atom stereocenters. The zero-order chi connectivity index (χ0) is 8.43. The number of nitrogens with zero attached hydrogens (tertiary/aromatic N) is 1. The van der Waals surface area contributed by atoms with Gasteiger partial charge in [0.05, 0.1) is 4.92 Å². The van der Waals surface area contributed by atoms with Crippen LogP contribution in [0.3, 0.4) is 0 Å². The van der Waals surface area contributed by atoms with E-state index in [-0.39, 0.29) is 44.0 Å². The largest absolute Gasteiger partial charge is 0.283 e. The third kappa shape index (κ3) is 2.53. The maximum atomic E-state index is 12.6. The second kappa shape index (κ2) is 4.53. The van der Waals surface area contributed by atoms with Gasteiger partial charge in [0, 0.05) is 38.5 Å². The molecule has 3 nitrogen and oxygen atoms in total. The Balaban J connectivity index is 0.00000121. The Labute approximate surface area is 94.0 Å². The van der Waals surface area contributed by atoms with E-state index in [0.29, 0.717) is 0 Å². The minimum atomic E-state index is -0.654. The van der Waals surface area contributed by atoms with Crippen LogP contribution < -0.4 is 0 Å². The van der Waals surface area contributed by atoms with E-state index in [9.17, 15) is 14.5 Å². The first-order valence-corrected chi connectivity index (χ1v) is 2.87. The summed E-state index contributed by atoms with van der Waals surface area (Å²) in [4.78, 5) is 9.43. The smallest absolute Gasteiger partial charge is 0.248 e. The van der Waals surface area contributed by atoms with Crippen LogP contribution in [0.5, 0.6) is 0 Å². The van der Waals surface area contributed by atoms with Gasteiger partial charge in [0.25, 0.3) is 0 Å². The maximum Gasteiger partial charge on any atom is 0.248 e. The molecule has 1 radical (unpaired) electrons. The molecule has 0 spiro atoms. The summed E-state index contributed by atoms with van der Waals surface area (Å²) in [6, 6.07) is 3.33. The van der Waals surface area contributed by atoms with Crippen molar-refractivity contribution in [2.75, 3.05) is 0 Å². The molecule has 61 valence electrons. The van der Waals surface area contributed by atoms with Crippen molar-refractivity contribution >= 4 is 5.69 Å². The number of hydrogen-bond acceptors (Lipinski definition) is 2. The predicted octanol–water partition coefficient (Wildman–Crippen LogP) is 1.91. The van der Waals surface area contributed by atoms with Gasteiger partial charge >= 0.3 is 0 Å². The summed E-state index contributed by atoms with van der Waals surface area (Å²) in [5, 5.41) is 10.1. The van der Waals surface area contributed by atoms with Crippen molar-refractivity contribution in [1.29, 1.82) is 0 Å². The summed E-state index contributed by atoms with van der Waals surface area (Å²) >= 11 is 0. The third-order valence-electron chi connectivity index (χ3n) is 1.25. The molecule has 0 amide bonds. The normalized spacial score (nSPS) is 8.75. The second-order valence-corrected chi connectivity index (χ2v) is 2.03. The van der Waals surface area contributed by atoms with Crippen LogP contribution in [-0.4, -0.2) is 4.92 Å². The van der Waals surface area contributed by atoms with Crippen molar-refractivity contribution in [3.8, 4) is 0 Å². The molecule has 0 unspecified atom stereocenters. The van der Waals surface area contributed by atoms with Crippen LogP contribution >= 0.6 is 0 Å². The Morgan fingerprint density at radius 3 is 2.50 bits per heavy atom. The van der Waals surface area contributed by atoms with E-state index in [1.807, 2.05) is 0 Å². The third-order valence-corrected chi connectivity index (χ3v) is 1.25. The molecule has 1 aromatic carbocycles. The van der Waals surface area contributed by atoms with Crippen molar-refractivity contribution in [2.45, 2.75) is 0 Å². The average Bonchev–Trinajstić information content (AvgIpc) is 1.94. The molecule has 0 bridgehead atoms. The fourth-order valence-electron chi connectivity index (χ4n) is 0.650. The number of rotatable bonds is 1. The van der Waals surface area contributed by atoms with Crippen molar-refractivity contribution in [2.24, 2.45) is 0 Å². The molecular weight excluding hydrogens is 238 g/mol. The Bertz CT molecular complexity index is 303. The van der Waals surface area contributed by atoms with E-state index >= 15 is 0 Å². The van der Waals surface area contributed by atoms with Gasteiger partial charge in [-0.25, -0.2) is 0 Å². The fraction of sp³-hybridized carbons (Fsp3) is 0. The van der Waals surface area contributed by atoms with E-state index in [1.165, 1.54) is 12.1 Å². The topological polar surface area (TPSA) is 43.1 Å². The summed E-state index contributed by atoms with van der Waals surface area (Å²) in [7, 11) is 0. The van der Waals surface area contributed by atoms with Gasteiger partial charge in [0.1, 0.15) is 0 Å². The zero-order valence-electron chi connectivity index (χ0n) is 6.16. The summed E-state index contributed by atoms with van der Waals surface area (Å²) < 4.78 is 12.6. The average molecular weight is 243 g/mol. The van der Waals surface area contributed by atoms with Crippen LogP contribution in [0, 0.1) is 22.9 Å². The molecule has 12 heavy (non-hydrogen) atoms. The van der Waals surface area contributed by atoms with Gasteiger partial charge < -0.3 is 0 Å². The van der Waals surface area contributed by atoms with E-state index in [4.69, 9.17) is 0 Å². The summed E-state index contributed by atoms with van der Waals surface area (Å²) in [6.45, 7) is 3.32. The fourth-order valence-corrected chi connectivity index (χ4v) is 0.650. The quantitative estimate of drug-likeness (QED) is 0.429. The molecule has 1 aromatic rings. The predicted molar refractivity (Wildman–Crippen MR) is 37.5 cm³/mol. The molecule has 0 aliphatic carbocycles. The van der Waals surface area contributed by atoms with Crippen molar-refractivity contribution in [3.63, 3.8) is 0 Å². The van der Waals surface area contributed by atoms with Gasteiger partial charge in [0.15, 0.2) is 0 Å². The van der Waals surface area contributed by atoms with Gasteiger partial charge in [-0.2, -0.15) is 18.6 Å². The molecule has 5 heteroatoms. The number of non-ortho nitro benzene ring substituents is 1. The number of hydrogen-bond donors (Lipinski definition) is 0. The van der Waals surface area contributed by atoms with Crippen LogP contribution in [0.2, 0.25) is 0 Å².